The average Bonchev–Trinajstić information content (AvgIpc) is 2.38. The van der Waals surface area contributed by atoms with E-state index in [-0.39, 0.29) is 5.56 Å². The largest absolute Gasteiger partial charge is 0.298 e. The summed E-state index contributed by atoms with van der Waals surface area (Å²) in [5, 5.41) is 0. The SMILES string of the molecule is O=Cc1ccc(-c2cncc(CCl)c2)cc1F. The van der Waals surface area contributed by atoms with E-state index in [9.17, 15) is 9.18 Å². The zero-order valence-corrected chi connectivity index (χ0v) is 9.62. The number of pyridine rings is 1. The fourth-order valence-electron chi connectivity index (χ4n) is 1.52. The van der Waals surface area contributed by atoms with Crippen LogP contribution in [0.1, 0.15) is 15.9 Å². The Balaban J connectivity index is 2.45. The van der Waals surface area contributed by atoms with E-state index < -0.39 is 5.82 Å². The van der Waals surface area contributed by atoms with Gasteiger partial charge in [-0.3, -0.25) is 9.78 Å². The molecule has 2 aromatic rings. The van der Waals surface area contributed by atoms with Crippen LogP contribution in [0.25, 0.3) is 11.1 Å². The molecule has 0 unspecified atom stereocenters. The number of hydrogen-bond acceptors (Lipinski definition) is 2. The van der Waals surface area contributed by atoms with Gasteiger partial charge in [0.05, 0.1) is 5.56 Å². The molecule has 0 saturated carbocycles. The molecular formula is C13H9ClFNO. The first-order chi connectivity index (χ1) is 8.24. The van der Waals surface area contributed by atoms with E-state index >= 15 is 0 Å². The standard InChI is InChI=1S/C13H9ClFNO/c14-5-9-3-12(7-16-6-9)10-1-2-11(8-17)13(15)4-10/h1-4,6-8H,5H2. The van der Waals surface area contributed by atoms with Gasteiger partial charge in [-0.25, -0.2) is 4.39 Å². The lowest BCUT2D eigenvalue weighted by molar-refractivity contribution is 0.112. The van der Waals surface area contributed by atoms with Gasteiger partial charge < -0.3 is 0 Å². The molecule has 0 radical (unpaired) electrons. The maximum absolute atomic E-state index is 13.4. The highest BCUT2D eigenvalue weighted by molar-refractivity contribution is 6.17. The van der Waals surface area contributed by atoms with Crippen LogP contribution in [0, 0.1) is 5.82 Å². The van der Waals surface area contributed by atoms with E-state index in [1.807, 2.05) is 6.07 Å². The number of alkyl halides is 1. The third kappa shape index (κ3) is 2.50. The van der Waals surface area contributed by atoms with Gasteiger partial charge >= 0.3 is 0 Å². The second-order valence-corrected chi connectivity index (χ2v) is 3.84. The fourth-order valence-corrected chi connectivity index (χ4v) is 1.67. The smallest absolute Gasteiger partial charge is 0.152 e. The lowest BCUT2D eigenvalue weighted by Gasteiger charge is -2.04. The third-order valence-electron chi connectivity index (χ3n) is 2.41. The number of carbonyl (C=O) groups is 1. The quantitative estimate of drug-likeness (QED) is 0.616. The van der Waals surface area contributed by atoms with Gasteiger partial charge in [-0.05, 0) is 29.3 Å². The number of nitrogens with zero attached hydrogens (tertiary/aromatic N) is 1. The van der Waals surface area contributed by atoms with Crippen molar-refractivity contribution in [3.8, 4) is 11.1 Å². The summed E-state index contributed by atoms with van der Waals surface area (Å²) in [6.07, 6.45) is 3.78. The molecule has 0 aliphatic rings. The normalized spacial score (nSPS) is 10.2. The molecule has 0 atom stereocenters. The van der Waals surface area contributed by atoms with Crippen molar-refractivity contribution in [3.05, 3.63) is 53.6 Å². The minimum absolute atomic E-state index is 0.0511. The van der Waals surface area contributed by atoms with Crippen molar-refractivity contribution in [2.24, 2.45) is 0 Å². The van der Waals surface area contributed by atoms with Crippen molar-refractivity contribution in [1.82, 2.24) is 4.98 Å². The van der Waals surface area contributed by atoms with Crippen LogP contribution in [-0.4, -0.2) is 11.3 Å². The van der Waals surface area contributed by atoms with Crippen molar-refractivity contribution in [2.75, 3.05) is 0 Å². The summed E-state index contributed by atoms with van der Waals surface area (Å²) in [6.45, 7) is 0. The molecule has 1 heterocycles. The molecule has 2 rings (SSSR count). The first kappa shape index (κ1) is 11.7. The van der Waals surface area contributed by atoms with Crippen molar-refractivity contribution < 1.29 is 9.18 Å². The van der Waals surface area contributed by atoms with E-state index in [1.54, 1.807) is 18.5 Å². The van der Waals surface area contributed by atoms with Gasteiger partial charge in [0.2, 0.25) is 0 Å². The van der Waals surface area contributed by atoms with Crippen molar-refractivity contribution in [2.45, 2.75) is 5.88 Å². The predicted molar refractivity (Wildman–Crippen MR) is 64.6 cm³/mol. The molecule has 0 N–H and O–H groups in total. The van der Waals surface area contributed by atoms with Gasteiger partial charge in [0.15, 0.2) is 6.29 Å². The molecule has 0 aliphatic heterocycles. The summed E-state index contributed by atoms with van der Waals surface area (Å²) in [5.41, 5.74) is 2.37. The van der Waals surface area contributed by atoms with E-state index in [0.29, 0.717) is 17.7 Å². The molecular weight excluding hydrogens is 241 g/mol. The van der Waals surface area contributed by atoms with Gasteiger partial charge in [0, 0.05) is 23.8 Å². The molecule has 0 fully saturated rings. The number of aromatic nitrogens is 1. The number of rotatable bonds is 3. The number of hydrogen-bond donors (Lipinski definition) is 0. The monoisotopic (exact) mass is 249 g/mol. The van der Waals surface area contributed by atoms with Gasteiger partial charge in [-0.15, -0.1) is 11.6 Å². The molecule has 17 heavy (non-hydrogen) atoms. The Bertz CT molecular complexity index is 557. The molecule has 4 heteroatoms. The van der Waals surface area contributed by atoms with Crippen molar-refractivity contribution in [1.29, 1.82) is 0 Å². The highest BCUT2D eigenvalue weighted by Crippen LogP contribution is 2.22. The highest BCUT2D eigenvalue weighted by Gasteiger charge is 2.05. The van der Waals surface area contributed by atoms with Crippen LogP contribution >= 0.6 is 11.6 Å². The van der Waals surface area contributed by atoms with E-state index in [2.05, 4.69) is 4.98 Å². The Morgan fingerprint density at radius 3 is 2.71 bits per heavy atom. The summed E-state index contributed by atoms with van der Waals surface area (Å²) in [7, 11) is 0. The topological polar surface area (TPSA) is 30.0 Å². The zero-order chi connectivity index (χ0) is 12.3. The molecule has 0 bridgehead atoms. The second-order valence-electron chi connectivity index (χ2n) is 3.57. The molecule has 0 aliphatic carbocycles. The summed E-state index contributed by atoms with van der Waals surface area (Å²) in [5.74, 6) is -0.177. The molecule has 1 aromatic carbocycles. The molecule has 0 amide bonds. The van der Waals surface area contributed by atoms with Gasteiger partial charge in [-0.1, -0.05) is 6.07 Å². The van der Waals surface area contributed by atoms with Gasteiger partial charge in [-0.2, -0.15) is 0 Å². The number of aldehydes is 1. The Morgan fingerprint density at radius 2 is 2.06 bits per heavy atom. The molecule has 0 saturated heterocycles. The summed E-state index contributed by atoms with van der Waals surface area (Å²) in [6, 6.07) is 6.29. The summed E-state index contributed by atoms with van der Waals surface area (Å²) < 4.78 is 13.4. The summed E-state index contributed by atoms with van der Waals surface area (Å²) in [4.78, 5) is 14.5. The third-order valence-corrected chi connectivity index (χ3v) is 2.72. The van der Waals surface area contributed by atoms with Crippen LogP contribution in [0.2, 0.25) is 0 Å². The molecule has 0 spiro atoms. The van der Waals surface area contributed by atoms with Crippen LogP contribution < -0.4 is 0 Å². The highest BCUT2D eigenvalue weighted by atomic mass is 35.5. The fraction of sp³-hybridized carbons (Fsp3) is 0.0769. The lowest BCUT2D eigenvalue weighted by Crippen LogP contribution is -1.90. The second kappa shape index (κ2) is 5.06. The average molecular weight is 250 g/mol. The van der Waals surface area contributed by atoms with E-state index in [4.69, 9.17) is 11.6 Å². The van der Waals surface area contributed by atoms with Crippen LogP contribution in [0.15, 0.2) is 36.7 Å². The number of halogens is 2. The Hall–Kier alpha value is -1.74. The molecule has 2 nitrogen and oxygen atoms in total. The van der Waals surface area contributed by atoms with Crippen LogP contribution in [0.4, 0.5) is 4.39 Å². The first-order valence-corrected chi connectivity index (χ1v) is 5.53. The Morgan fingerprint density at radius 1 is 1.24 bits per heavy atom. The van der Waals surface area contributed by atoms with E-state index in [0.717, 1.165) is 11.1 Å². The molecule has 1 aromatic heterocycles. The van der Waals surface area contributed by atoms with Crippen LogP contribution in [-0.2, 0) is 5.88 Å². The van der Waals surface area contributed by atoms with E-state index in [1.165, 1.54) is 12.1 Å². The van der Waals surface area contributed by atoms with Crippen molar-refractivity contribution >= 4 is 17.9 Å². The van der Waals surface area contributed by atoms with Gasteiger partial charge in [0.1, 0.15) is 5.82 Å². The maximum Gasteiger partial charge on any atom is 0.152 e. The van der Waals surface area contributed by atoms with Gasteiger partial charge in [0.25, 0.3) is 0 Å². The Kier molecular flexibility index (Phi) is 3.49. The predicted octanol–water partition coefficient (Wildman–Crippen LogP) is 3.44. The first-order valence-electron chi connectivity index (χ1n) is 4.99. The maximum atomic E-state index is 13.4. The lowest BCUT2D eigenvalue weighted by atomic mass is 10.0. The molecule has 86 valence electrons. The zero-order valence-electron chi connectivity index (χ0n) is 8.86. The summed E-state index contributed by atoms with van der Waals surface area (Å²) >= 11 is 5.70. The minimum atomic E-state index is -0.534. The Labute approximate surface area is 103 Å². The number of benzene rings is 1. The van der Waals surface area contributed by atoms with Crippen LogP contribution in [0.3, 0.4) is 0 Å². The van der Waals surface area contributed by atoms with Crippen LogP contribution in [0.5, 0.6) is 0 Å². The van der Waals surface area contributed by atoms with Crippen molar-refractivity contribution in [3.63, 3.8) is 0 Å². The minimum Gasteiger partial charge on any atom is -0.298 e. The number of carbonyl (C=O) groups excluding carboxylic acids is 1.